The van der Waals surface area contributed by atoms with E-state index in [0.717, 1.165) is 10.8 Å². The number of nitrogens with zero attached hydrogens (tertiary/aromatic N) is 2. The van der Waals surface area contributed by atoms with Crippen LogP contribution in [0.25, 0.3) is 5.69 Å². The Labute approximate surface area is 167 Å². The van der Waals surface area contributed by atoms with Gasteiger partial charge < -0.3 is 10.1 Å². The fourth-order valence-electron chi connectivity index (χ4n) is 2.85. The molecular formula is C21H21N3O3S. The molecule has 3 rings (SSSR count). The van der Waals surface area contributed by atoms with E-state index in [9.17, 15) is 9.59 Å². The second kappa shape index (κ2) is 8.75. The predicted octanol–water partition coefficient (Wildman–Crippen LogP) is 4.01. The van der Waals surface area contributed by atoms with Crippen LogP contribution in [0.3, 0.4) is 0 Å². The normalized spacial score (nSPS) is 10.5. The highest BCUT2D eigenvalue weighted by molar-refractivity contribution is 7.99. The number of ether oxygens (including phenoxy) is 1. The Kier molecular flexibility index (Phi) is 6.16. The molecule has 6 nitrogen and oxygen atoms in total. The Balaban J connectivity index is 1.66. The molecule has 144 valence electrons. The lowest BCUT2D eigenvalue weighted by Crippen LogP contribution is -2.15. The van der Waals surface area contributed by atoms with Crippen LogP contribution in [0.4, 0.5) is 5.69 Å². The molecule has 1 N–H and O–H groups in total. The number of esters is 1. The Bertz CT molecular complexity index is 993. The van der Waals surface area contributed by atoms with E-state index in [2.05, 4.69) is 42.3 Å². The van der Waals surface area contributed by atoms with Crippen LogP contribution in [-0.4, -0.2) is 34.3 Å². The zero-order valence-electron chi connectivity index (χ0n) is 15.9. The van der Waals surface area contributed by atoms with Gasteiger partial charge in [0.15, 0.2) is 5.16 Å². The van der Waals surface area contributed by atoms with E-state index in [1.54, 1.807) is 30.5 Å². The van der Waals surface area contributed by atoms with E-state index < -0.39 is 5.97 Å². The lowest BCUT2D eigenvalue weighted by Gasteiger charge is -2.10. The van der Waals surface area contributed by atoms with Gasteiger partial charge in [0, 0.05) is 23.8 Å². The maximum atomic E-state index is 12.3. The summed E-state index contributed by atoms with van der Waals surface area (Å²) in [5.74, 6) is -0.424. The molecule has 0 saturated heterocycles. The van der Waals surface area contributed by atoms with Crippen LogP contribution in [0.5, 0.6) is 0 Å². The van der Waals surface area contributed by atoms with E-state index in [4.69, 9.17) is 4.74 Å². The Morgan fingerprint density at radius 2 is 1.89 bits per heavy atom. The highest BCUT2D eigenvalue weighted by Gasteiger charge is 2.11. The molecule has 28 heavy (non-hydrogen) atoms. The van der Waals surface area contributed by atoms with Crippen molar-refractivity contribution in [1.82, 2.24) is 9.55 Å². The lowest BCUT2D eigenvalue weighted by molar-refractivity contribution is -0.113. The minimum absolute atomic E-state index is 0.179. The van der Waals surface area contributed by atoms with Gasteiger partial charge in [0.1, 0.15) is 0 Å². The first-order chi connectivity index (χ1) is 13.5. The van der Waals surface area contributed by atoms with Crippen molar-refractivity contribution < 1.29 is 14.3 Å². The van der Waals surface area contributed by atoms with Crippen molar-refractivity contribution in [2.24, 2.45) is 0 Å². The summed E-state index contributed by atoms with van der Waals surface area (Å²) in [6.45, 7) is 4.10. The number of anilines is 1. The highest BCUT2D eigenvalue weighted by atomic mass is 32.2. The number of imidazole rings is 1. The van der Waals surface area contributed by atoms with E-state index in [1.165, 1.54) is 30.0 Å². The molecule has 0 aliphatic carbocycles. The number of aryl methyl sites for hydroxylation is 2. The Hall–Kier alpha value is -3.06. The van der Waals surface area contributed by atoms with Crippen molar-refractivity contribution in [2.75, 3.05) is 18.2 Å². The van der Waals surface area contributed by atoms with Crippen LogP contribution in [0.15, 0.2) is 60.0 Å². The smallest absolute Gasteiger partial charge is 0.337 e. The van der Waals surface area contributed by atoms with Gasteiger partial charge in [-0.1, -0.05) is 23.9 Å². The van der Waals surface area contributed by atoms with Crippen LogP contribution in [0, 0.1) is 13.8 Å². The van der Waals surface area contributed by atoms with Crippen molar-refractivity contribution in [2.45, 2.75) is 19.0 Å². The van der Waals surface area contributed by atoms with Crippen LogP contribution in [0.2, 0.25) is 0 Å². The quantitative estimate of drug-likeness (QED) is 0.504. The number of benzene rings is 2. The third-order valence-electron chi connectivity index (χ3n) is 3.99. The van der Waals surface area contributed by atoms with Crippen molar-refractivity contribution in [3.05, 3.63) is 71.5 Å². The highest BCUT2D eigenvalue weighted by Crippen LogP contribution is 2.22. The molecule has 3 aromatic rings. The minimum Gasteiger partial charge on any atom is -0.465 e. The molecule has 0 radical (unpaired) electrons. The first kappa shape index (κ1) is 19.7. The number of carbonyl (C=O) groups is 2. The van der Waals surface area contributed by atoms with Gasteiger partial charge in [-0.15, -0.1) is 0 Å². The summed E-state index contributed by atoms with van der Waals surface area (Å²) in [6.07, 6.45) is 3.60. The maximum absolute atomic E-state index is 12.3. The minimum atomic E-state index is -0.444. The Morgan fingerprint density at radius 3 is 2.61 bits per heavy atom. The first-order valence-corrected chi connectivity index (χ1v) is 9.68. The molecule has 0 atom stereocenters. The molecule has 0 spiro atoms. The van der Waals surface area contributed by atoms with Crippen molar-refractivity contribution in [3.8, 4) is 5.69 Å². The van der Waals surface area contributed by atoms with Gasteiger partial charge in [0.05, 0.1) is 18.4 Å². The second-order valence-corrected chi connectivity index (χ2v) is 7.28. The largest absolute Gasteiger partial charge is 0.465 e. The molecular weight excluding hydrogens is 374 g/mol. The average Bonchev–Trinajstić information content (AvgIpc) is 3.14. The number of hydrogen-bond acceptors (Lipinski definition) is 5. The van der Waals surface area contributed by atoms with Crippen LogP contribution < -0.4 is 5.32 Å². The van der Waals surface area contributed by atoms with Gasteiger partial charge in [-0.25, -0.2) is 9.78 Å². The summed E-state index contributed by atoms with van der Waals surface area (Å²) in [4.78, 5) is 28.3. The van der Waals surface area contributed by atoms with E-state index >= 15 is 0 Å². The van der Waals surface area contributed by atoms with Gasteiger partial charge in [-0.05, 0) is 55.3 Å². The molecule has 0 saturated carbocycles. The summed E-state index contributed by atoms with van der Waals surface area (Å²) >= 11 is 1.35. The van der Waals surface area contributed by atoms with Gasteiger partial charge in [0.25, 0.3) is 0 Å². The monoisotopic (exact) mass is 395 g/mol. The number of hydrogen-bond donors (Lipinski definition) is 1. The number of methoxy groups -OCH3 is 1. The molecule has 0 aliphatic heterocycles. The number of carbonyl (C=O) groups excluding carboxylic acids is 2. The number of amides is 1. The van der Waals surface area contributed by atoms with E-state index in [-0.39, 0.29) is 11.7 Å². The average molecular weight is 395 g/mol. The van der Waals surface area contributed by atoms with Crippen LogP contribution >= 0.6 is 11.8 Å². The summed E-state index contributed by atoms with van der Waals surface area (Å²) in [5.41, 5.74) is 4.29. The van der Waals surface area contributed by atoms with Crippen molar-refractivity contribution in [3.63, 3.8) is 0 Å². The lowest BCUT2D eigenvalue weighted by atomic mass is 10.1. The summed E-state index contributed by atoms with van der Waals surface area (Å²) in [6, 6.07) is 12.9. The number of nitrogens with one attached hydrogen (secondary N) is 1. The molecule has 1 aromatic heterocycles. The molecule has 1 amide bonds. The SMILES string of the molecule is COC(=O)c1cccc(NC(=O)CSc2nccn2-c2cc(C)cc(C)c2)c1. The molecule has 0 fully saturated rings. The summed E-state index contributed by atoms with van der Waals surface area (Å²) in [5, 5.41) is 3.54. The first-order valence-electron chi connectivity index (χ1n) is 8.69. The zero-order valence-corrected chi connectivity index (χ0v) is 16.7. The number of aromatic nitrogens is 2. The molecule has 0 aliphatic rings. The standard InChI is InChI=1S/C21H21N3O3S/c1-14-9-15(2)11-18(10-14)24-8-7-22-21(24)28-13-19(25)23-17-6-4-5-16(12-17)20(26)27-3/h4-12H,13H2,1-3H3,(H,23,25). The Morgan fingerprint density at radius 1 is 1.14 bits per heavy atom. The zero-order chi connectivity index (χ0) is 20.1. The fraction of sp³-hybridized carbons (Fsp3) is 0.190. The molecule has 2 aromatic carbocycles. The third kappa shape index (κ3) is 4.80. The van der Waals surface area contributed by atoms with Gasteiger partial charge in [-0.2, -0.15) is 0 Å². The van der Waals surface area contributed by atoms with Crippen molar-refractivity contribution in [1.29, 1.82) is 0 Å². The number of rotatable bonds is 6. The van der Waals surface area contributed by atoms with Gasteiger partial charge >= 0.3 is 5.97 Å². The van der Waals surface area contributed by atoms with Crippen molar-refractivity contribution >= 4 is 29.3 Å². The third-order valence-corrected chi connectivity index (χ3v) is 4.96. The van der Waals surface area contributed by atoms with Gasteiger partial charge in [0.2, 0.25) is 5.91 Å². The predicted molar refractivity (Wildman–Crippen MR) is 110 cm³/mol. The molecule has 0 bridgehead atoms. The molecule has 0 unspecified atom stereocenters. The summed E-state index contributed by atoms with van der Waals surface area (Å²) < 4.78 is 6.67. The van der Waals surface area contributed by atoms with Crippen LogP contribution in [-0.2, 0) is 9.53 Å². The van der Waals surface area contributed by atoms with Crippen LogP contribution in [0.1, 0.15) is 21.5 Å². The topological polar surface area (TPSA) is 73.2 Å². The van der Waals surface area contributed by atoms with Gasteiger partial charge in [-0.3, -0.25) is 9.36 Å². The van der Waals surface area contributed by atoms with E-state index in [0.29, 0.717) is 11.3 Å². The molecule has 7 heteroatoms. The molecule has 1 heterocycles. The summed E-state index contributed by atoms with van der Waals surface area (Å²) in [7, 11) is 1.32. The fourth-order valence-corrected chi connectivity index (χ4v) is 3.62. The van der Waals surface area contributed by atoms with E-state index in [1.807, 2.05) is 10.8 Å². The number of thioether (sulfide) groups is 1. The maximum Gasteiger partial charge on any atom is 0.337 e. The second-order valence-electron chi connectivity index (χ2n) is 6.33.